The first kappa shape index (κ1) is 19.3. The van der Waals surface area contributed by atoms with Crippen LogP contribution in [0.15, 0.2) is 42.7 Å². The van der Waals surface area contributed by atoms with Crippen LogP contribution in [0.1, 0.15) is 42.6 Å². The Bertz CT molecular complexity index is 667. The average Bonchev–Trinajstić information content (AvgIpc) is 2.63. The van der Waals surface area contributed by atoms with E-state index in [1.807, 2.05) is 36.5 Å². The van der Waals surface area contributed by atoms with Gasteiger partial charge in [0.25, 0.3) is 5.91 Å². The molecule has 0 aliphatic carbocycles. The number of rotatable bonds is 9. The van der Waals surface area contributed by atoms with Gasteiger partial charge in [-0.3, -0.25) is 9.78 Å². The lowest BCUT2D eigenvalue weighted by molar-refractivity contribution is 0.0954. The molecule has 0 aliphatic heterocycles. The van der Waals surface area contributed by atoms with Gasteiger partial charge in [0.05, 0.1) is 17.4 Å². The Labute approximate surface area is 155 Å². The minimum absolute atomic E-state index is 0.0868. The number of benzene rings is 1. The third-order valence-electron chi connectivity index (χ3n) is 3.95. The van der Waals surface area contributed by atoms with Gasteiger partial charge in [0, 0.05) is 30.9 Å². The number of anilines is 1. The maximum absolute atomic E-state index is 12.4. The molecular weight excluding hydrogens is 334 g/mol. The van der Waals surface area contributed by atoms with Gasteiger partial charge in [-0.1, -0.05) is 37.6 Å². The fraction of sp³-hybridized carbons (Fsp3) is 0.400. The van der Waals surface area contributed by atoms with Gasteiger partial charge >= 0.3 is 0 Å². The van der Waals surface area contributed by atoms with E-state index in [9.17, 15) is 4.79 Å². The Morgan fingerprint density at radius 2 is 1.80 bits per heavy atom. The Morgan fingerprint density at radius 3 is 2.44 bits per heavy atom. The number of nitrogens with zero attached hydrogens (tertiary/aromatic N) is 2. The fourth-order valence-electron chi connectivity index (χ4n) is 2.71. The van der Waals surface area contributed by atoms with E-state index in [0.717, 1.165) is 48.6 Å². The minimum atomic E-state index is -0.0868. The summed E-state index contributed by atoms with van der Waals surface area (Å²) in [5.74, 6) is -0.0868. The number of aromatic nitrogens is 1. The third kappa shape index (κ3) is 6.05. The van der Waals surface area contributed by atoms with Crippen molar-refractivity contribution in [1.29, 1.82) is 0 Å². The number of carbonyl (C=O) groups is 1. The number of hydrogen-bond donors (Lipinski definition) is 1. The largest absolute Gasteiger partial charge is 0.370 e. The molecule has 1 N–H and O–H groups in total. The first-order valence-electron chi connectivity index (χ1n) is 8.86. The molecule has 4 nitrogen and oxygen atoms in total. The van der Waals surface area contributed by atoms with E-state index < -0.39 is 0 Å². The quantitative estimate of drug-likeness (QED) is 0.724. The van der Waals surface area contributed by atoms with Crippen molar-refractivity contribution in [3.05, 3.63) is 58.9 Å². The summed E-state index contributed by atoms with van der Waals surface area (Å²) in [5.41, 5.74) is 2.76. The highest BCUT2D eigenvalue weighted by molar-refractivity contribution is 6.30. The summed E-state index contributed by atoms with van der Waals surface area (Å²) in [6, 6.07) is 9.61. The SMILES string of the molecule is CCCN(CCC)c1cncc(C(=O)NCCc2ccc(Cl)cc2)c1. The summed E-state index contributed by atoms with van der Waals surface area (Å²) in [4.78, 5) is 18.9. The molecule has 1 heterocycles. The molecule has 0 radical (unpaired) electrons. The molecule has 0 bridgehead atoms. The van der Waals surface area contributed by atoms with Crippen LogP contribution in [0.2, 0.25) is 5.02 Å². The number of pyridine rings is 1. The van der Waals surface area contributed by atoms with E-state index in [4.69, 9.17) is 11.6 Å². The van der Waals surface area contributed by atoms with Crippen LogP contribution in [-0.2, 0) is 6.42 Å². The van der Waals surface area contributed by atoms with E-state index in [1.54, 1.807) is 6.20 Å². The Morgan fingerprint density at radius 1 is 1.12 bits per heavy atom. The van der Waals surface area contributed by atoms with Gasteiger partial charge < -0.3 is 10.2 Å². The fourth-order valence-corrected chi connectivity index (χ4v) is 2.83. The van der Waals surface area contributed by atoms with Crippen LogP contribution >= 0.6 is 11.6 Å². The maximum Gasteiger partial charge on any atom is 0.252 e. The van der Waals surface area contributed by atoms with Crippen LogP contribution < -0.4 is 10.2 Å². The summed E-state index contributed by atoms with van der Waals surface area (Å²) in [5, 5.41) is 3.68. The monoisotopic (exact) mass is 359 g/mol. The summed E-state index contributed by atoms with van der Waals surface area (Å²) >= 11 is 5.88. The van der Waals surface area contributed by atoms with Crippen LogP contribution in [0, 0.1) is 0 Å². The molecule has 5 heteroatoms. The molecule has 0 spiro atoms. The summed E-state index contributed by atoms with van der Waals surface area (Å²) in [7, 11) is 0. The van der Waals surface area contributed by atoms with Crippen molar-refractivity contribution >= 4 is 23.2 Å². The highest BCUT2D eigenvalue weighted by Gasteiger charge is 2.10. The molecule has 0 aliphatic rings. The molecule has 1 aromatic heterocycles. The smallest absolute Gasteiger partial charge is 0.252 e. The maximum atomic E-state index is 12.4. The lowest BCUT2D eigenvalue weighted by Gasteiger charge is -2.23. The molecule has 0 saturated heterocycles. The van der Waals surface area contributed by atoms with Crippen molar-refractivity contribution in [3.63, 3.8) is 0 Å². The lowest BCUT2D eigenvalue weighted by Crippen LogP contribution is -2.28. The standard InChI is InChI=1S/C20H26ClN3O/c1-3-11-24(12-4-2)19-13-17(14-22-15-19)20(25)23-10-9-16-5-7-18(21)8-6-16/h5-8,13-15H,3-4,9-12H2,1-2H3,(H,23,25). The van der Waals surface area contributed by atoms with Gasteiger partial charge in [0.1, 0.15) is 0 Å². The zero-order valence-corrected chi connectivity index (χ0v) is 15.7. The molecule has 0 fully saturated rings. The average molecular weight is 360 g/mol. The van der Waals surface area contributed by atoms with E-state index >= 15 is 0 Å². The number of hydrogen-bond acceptors (Lipinski definition) is 3. The number of nitrogens with one attached hydrogen (secondary N) is 1. The van der Waals surface area contributed by atoms with Crippen molar-refractivity contribution in [2.24, 2.45) is 0 Å². The summed E-state index contributed by atoms with van der Waals surface area (Å²) in [6.45, 7) is 6.83. The van der Waals surface area contributed by atoms with Gasteiger partial charge in [-0.05, 0) is 43.0 Å². The number of amides is 1. The lowest BCUT2D eigenvalue weighted by atomic mass is 10.1. The van der Waals surface area contributed by atoms with E-state index in [-0.39, 0.29) is 5.91 Å². The van der Waals surface area contributed by atoms with Crippen molar-refractivity contribution in [1.82, 2.24) is 10.3 Å². The van der Waals surface area contributed by atoms with Crippen LogP contribution in [0.5, 0.6) is 0 Å². The number of carbonyl (C=O) groups excluding carboxylic acids is 1. The second kappa shape index (κ2) is 10.0. The van der Waals surface area contributed by atoms with Crippen molar-refractivity contribution in [3.8, 4) is 0 Å². The summed E-state index contributed by atoms with van der Waals surface area (Å²) in [6.07, 6.45) is 6.36. The molecule has 0 unspecified atom stereocenters. The molecule has 0 atom stereocenters. The van der Waals surface area contributed by atoms with E-state index in [0.29, 0.717) is 12.1 Å². The molecule has 25 heavy (non-hydrogen) atoms. The summed E-state index contributed by atoms with van der Waals surface area (Å²) < 4.78 is 0. The van der Waals surface area contributed by atoms with Crippen molar-refractivity contribution < 1.29 is 4.79 Å². The van der Waals surface area contributed by atoms with Crippen LogP contribution in [0.4, 0.5) is 5.69 Å². The second-order valence-electron chi connectivity index (χ2n) is 6.05. The van der Waals surface area contributed by atoms with Gasteiger partial charge in [-0.25, -0.2) is 0 Å². The third-order valence-corrected chi connectivity index (χ3v) is 4.20. The topological polar surface area (TPSA) is 45.2 Å². The van der Waals surface area contributed by atoms with E-state index in [1.165, 1.54) is 0 Å². The minimum Gasteiger partial charge on any atom is -0.370 e. The molecular formula is C20H26ClN3O. The molecule has 1 amide bonds. The predicted octanol–water partition coefficient (Wildman–Crippen LogP) is 4.33. The molecule has 2 rings (SSSR count). The Balaban J connectivity index is 1.94. The first-order valence-corrected chi connectivity index (χ1v) is 9.24. The highest BCUT2D eigenvalue weighted by Crippen LogP contribution is 2.16. The van der Waals surface area contributed by atoms with E-state index in [2.05, 4.69) is 29.0 Å². The van der Waals surface area contributed by atoms with Crippen LogP contribution in [0.25, 0.3) is 0 Å². The normalized spacial score (nSPS) is 10.5. The Hall–Kier alpha value is -2.07. The van der Waals surface area contributed by atoms with Crippen LogP contribution in [-0.4, -0.2) is 30.5 Å². The number of halogens is 1. The van der Waals surface area contributed by atoms with Crippen molar-refractivity contribution in [2.45, 2.75) is 33.1 Å². The zero-order chi connectivity index (χ0) is 18.1. The first-order chi connectivity index (χ1) is 12.1. The van der Waals surface area contributed by atoms with Crippen LogP contribution in [0.3, 0.4) is 0 Å². The second-order valence-corrected chi connectivity index (χ2v) is 6.49. The van der Waals surface area contributed by atoms with Gasteiger partial charge in [-0.2, -0.15) is 0 Å². The van der Waals surface area contributed by atoms with Gasteiger partial charge in [0.2, 0.25) is 0 Å². The molecule has 134 valence electrons. The zero-order valence-electron chi connectivity index (χ0n) is 15.0. The van der Waals surface area contributed by atoms with Crippen molar-refractivity contribution in [2.75, 3.05) is 24.5 Å². The molecule has 0 saturated carbocycles. The molecule has 2 aromatic rings. The molecule has 1 aromatic carbocycles. The van der Waals surface area contributed by atoms with Gasteiger partial charge in [0.15, 0.2) is 0 Å². The predicted molar refractivity (Wildman–Crippen MR) is 105 cm³/mol. The van der Waals surface area contributed by atoms with Gasteiger partial charge in [-0.15, -0.1) is 0 Å². The highest BCUT2D eigenvalue weighted by atomic mass is 35.5. The Kier molecular flexibility index (Phi) is 7.74.